The van der Waals surface area contributed by atoms with Gasteiger partial charge in [-0.15, -0.1) is 0 Å². The van der Waals surface area contributed by atoms with Crippen LogP contribution in [-0.4, -0.2) is 18.3 Å². The molecule has 0 aliphatic heterocycles. The molecular formula is C18H14NO5-. The molecule has 0 aliphatic rings. The lowest BCUT2D eigenvalue weighted by Gasteiger charge is -2.20. The van der Waals surface area contributed by atoms with Gasteiger partial charge < -0.3 is 14.4 Å². The lowest BCUT2D eigenvalue weighted by Crippen LogP contribution is -2.07. The molecule has 0 saturated heterocycles. The number of rotatable bonds is 4. The Balaban J connectivity index is 2.36. The fraction of sp³-hybridized carbons (Fsp3) is 0.0556. The number of ether oxygens (including phenoxy) is 1. The monoisotopic (exact) mass is 324 g/mol. The van der Waals surface area contributed by atoms with Crippen molar-refractivity contribution in [3.05, 3.63) is 71.6 Å². The van der Waals surface area contributed by atoms with Crippen molar-refractivity contribution in [2.45, 2.75) is 0 Å². The molecule has 3 aromatic rings. The Bertz CT molecular complexity index is 841. The zero-order valence-electron chi connectivity index (χ0n) is 12.8. The van der Waals surface area contributed by atoms with Crippen LogP contribution in [0.4, 0.5) is 5.88 Å². The highest BCUT2D eigenvalue weighted by Crippen LogP contribution is 2.44. The van der Waals surface area contributed by atoms with Crippen LogP contribution in [0.25, 0.3) is 22.3 Å². The van der Waals surface area contributed by atoms with Crippen molar-refractivity contribution in [3.63, 3.8) is 0 Å². The SMILES string of the molecule is COC(=O)c1oc(N([O-])O)c(-c2ccccc2)c1-c1ccccc1. The van der Waals surface area contributed by atoms with E-state index in [4.69, 9.17) is 9.15 Å². The van der Waals surface area contributed by atoms with Crippen molar-refractivity contribution in [1.82, 2.24) is 0 Å². The molecule has 24 heavy (non-hydrogen) atoms. The minimum absolute atomic E-state index is 0.146. The quantitative estimate of drug-likeness (QED) is 0.574. The van der Waals surface area contributed by atoms with Crippen molar-refractivity contribution in [1.29, 1.82) is 0 Å². The van der Waals surface area contributed by atoms with Gasteiger partial charge in [0.15, 0.2) is 0 Å². The zero-order chi connectivity index (χ0) is 17.1. The molecular weight excluding hydrogens is 310 g/mol. The predicted molar refractivity (Wildman–Crippen MR) is 88.6 cm³/mol. The van der Waals surface area contributed by atoms with Gasteiger partial charge in [0.2, 0.25) is 11.6 Å². The number of anilines is 1. The molecule has 2 aromatic carbocycles. The van der Waals surface area contributed by atoms with Crippen LogP contribution in [-0.2, 0) is 4.74 Å². The van der Waals surface area contributed by atoms with Crippen LogP contribution in [0.3, 0.4) is 0 Å². The summed E-state index contributed by atoms with van der Waals surface area (Å²) in [7, 11) is 1.22. The number of esters is 1. The van der Waals surface area contributed by atoms with Crippen molar-refractivity contribution >= 4 is 11.9 Å². The first-order valence-corrected chi connectivity index (χ1v) is 7.15. The highest BCUT2D eigenvalue weighted by Gasteiger charge is 2.28. The maximum atomic E-state index is 12.1. The maximum Gasteiger partial charge on any atom is 0.374 e. The molecule has 122 valence electrons. The summed E-state index contributed by atoms with van der Waals surface area (Å²) < 4.78 is 10.1. The Labute approximate surface area is 138 Å². The first kappa shape index (κ1) is 15.8. The fourth-order valence-corrected chi connectivity index (χ4v) is 2.54. The van der Waals surface area contributed by atoms with Gasteiger partial charge in [0, 0.05) is 5.56 Å². The topological polar surface area (TPSA) is 86.0 Å². The van der Waals surface area contributed by atoms with Crippen molar-refractivity contribution < 1.29 is 19.2 Å². The van der Waals surface area contributed by atoms with Gasteiger partial charge >= 0.3 is 5.97 Å². The molecule has 0 aliphatic carbocycles. The van der Waals surface area contributed by atoms with Gasteiger partial charge in [-0.25, -0.2) is 4.79 Å². The van der Waals surface area contributed by atoms with Crippen molar-refractivity contribution in [3.8, 4) is 22.3 Å². The van der Waals surface area contributed by atoms with Gasteiger partial charge in [0.25, 0.3) is 0 Å². The summed E-state index contributed by atoms with van der Waals surface area (Å²) >= 11 is 0. The molecule has 0 unspecified atom stereocenters. The van der Waals surface area contributed by atoms with Crippen LogP contribution in [0.15, 0.2) is 65.1 Å². The van der Waals surface area contributed by atoms with Crippen LogP contribution in [0.1, 0.15) is 10.6 Å². The van der Waals surface area contributed by atoms with Crippen LogP contribution < -0.4 is 5.23 Å². The minimum atomic E-state index is -0.737. The van der Waals surface area contributed by atoms with Crippen LogP contribution in [0.5, 0.6) is 0 Å². The molecule has 6 nitrogen and oxygen atoms in total. The van der Waals surface area contributed by atoms with Crippen LogP contribution in [0.2, 0.25) is 0 Å². The number of hydrogen-bond donors (Lipinski definition) is 1. The van der Waals surface area contributed by atoms with E-state index in [-0.39, 0.29) is 16.9 Å². The van der Waals surface area contributed by atoms with E-state index in [0.29, 0.717) is 22.3 Å². The highest BCUT2D eigenvalue weighted by atomic mass is 16.8. The molecule has 3 rings (SSSR count). The molecule has 6 heteroatoms. The summed E-state index contributed by atoms with van der Waals surface area (Å²) in [6.45, 7) is 0. The third kappa shape index (κ3) is 2.76. The number of hydrogen-bond acceptors (Lipinski definition) is 6. The molecule has 0 radical (unpaired) electrons. The molecule has 0 fully saturated rings. The molecule has 0 amide bonds. The molecule has 0 saturated carbocycles. The summed E-state index contributed by atoms with van der Waals surface area (Å²) in [4.78, 5) is 12.1. The van der Waals surface area contributed by atoms with Gasteiger partial charge in [-0.1, -0.05) is 60.7 Å². The fourth-order valence-electron chi connectivity index (χ4n) is 2.54. The minimum Gasteiger partial charge on any atom is -0.731 e. The number of furan rings is 1. The average molecular weight is 324 g/mol. The molecule has 0 bridgehead atoms. The van der Waals surface area contributed by atoms with Crippen LogP contribution >= 0.6 is 0 Å². The van der Waals surface area contributed by atoms with Gasteiger partial charge in [-0.05, 0) is 11.1 Å². The van der Waals surface area contributed by atoms with Gasteiger partial charge in [0.05, 0.1) is 12.7 Å². The Morgan fingerprint density at radius 2 is 1.50 bits per heavy atom. The second kappa shape index (κ2) is 6.57. The molecule has 1 N–H and O–H groups in total. The zero-order valence-corrected chi connectivity index (χ0v) is 12.8. The van der Waals surface area contributed by atoms with E-state index in [2.05, 4.69) is 0 Å². The Morgan fingerprint density at radius 1 is 1.00 bits per heavy atom. The number of carbonyl (C=O) groups is 1. The number of methoxy groups -OCH3 is 1. The van der Waals surface area contributed by atoms with E-state index < -0.39 is 5.97 Å². The summed E-state index contributed by atoms with van der Waals surface area (Å²) in [5.74, 6) is -1.26. The van der Waals surface area contributed by atoms with E-state index in [1.807, 2.05) is 12.1 Å². The Kier molecular flexibility index (Phi) is 4.33. The van der Waals surface area contributed by atoms with Gasteiger partial charge in [-0.3, -0.25) is 10.4 Å². The first-order chi connectivity index (χ1) is 11.6. The number of benzene rings is 2. The first-order valence-electron chi connectivity index (χ1n) is 7.15. The third-order valence-electron chi connectivity index (χ3n) is 3.56. The lowest BCUT2D eigenvalue weighted by molar-refractivity contribution is 0.0566. The van der Waals surface area contributed by atoms with E-state index in [9.17, 15) is 15.2 Å². The number of nitrogens with zero attached hydrogens (tertiary/aromatic N) is 1. The lowest BCUT2D eigenvalue weighted by atomic mass is 9.96. The summed E-state index contributed by atoms with van der Waals surface area (Å²) in [5.41, 5.74) is 1.99. The van der Waals surface area contributed by atoms with Gasteiger partial charge in [-0.2, -0.15) is 0 Å². The highest BCUT2D eigenvalue weighted by molar-refractivity contribution is 6.03. The molecule has 0 spiro atoms. The van der Waals surface area contributed by atoms with E-state index in [0.717, 1.165) is 0 Å². The average Bonchev–Trinajstić information content (AvgIpc) is 3.03. The Hall–Kier alpha value is -3.09. The predicted octanol–water partition coefficient (Wildman–Crippen LogP) is 4.09. The van der Waals surface area contributed by atoms with Crippen molar-refractivity contribution in [2.75, 3.05) is 12.3 Å². The van der Waals surface area contributed by atoms with Crippen LogP contribution in [0, 0.1) is 5.21 Å². The van der Waals surface area contributed by atoms with E-state index in [1.54, 1.807) is 48.5 Å². The summed E-state index contributed by atoms with van der Waals surface area (Å²) in [6.07, 6.45) is 0. The second-order valence-corrected chi connectivity index (χ2v) is 4.98. The van der Waals surface area contributed by atoms with Crippen molar-refractivity contribution in [2.24, 2.45) is 0 Å². The Morgan fingerprint density at radius 3 is 1.96 bits per heavy atom. The van der Waals surface area contributed by atoms with Gasteiger partial charge in [0.1, 0.15) is 0 Å². The maximum absolute atomic E-state index is 12.1. The van der Waals surface area contributed by atoms with E-state index >= 15 is 0 Å². The molecule has 0 atom stereocenters. The summed E-state index contributed by atoms with van der Waals surface area (Å²) in [5, 5.41) is 20.6. The normalized spacial score (nSPS) is 10.5. The standard InChI is InChI=1S/C18H14NO5/c1-23-18(20)16-14(12-8-4-2-5-9-12)15(17(24-16)19(21)22)13-10-6-3-7-11-13/h2-11,21H,1H3/q-1. The summed E-state index contributed by atoms with van der Waals surface area (Å²) in [6, 6.07) is 17.9. The third-order valence-corrected chi connectivity index (χ3v) is 3.56. The number of carbonyl (C=O) groups excluding carboxylic acids is 1. The second-order valence-electron chi connectivity index (χ2n) is 4.98. The molecule has 1 heterocycles. The smallest absolute Gasteiger partial charge is 0.374 e. The molecule has 1 aromatic heterocycles. The largest absolute Gasteiger partial charge is 0.731 e. The van der Waals surface area contributed by atoms with E-state index in [1.165, 1.54) is 7.11 Å².